The number of hydrogen-bond acceptors (Lipinski definition) is 4. The van der Waals surface area contributed by atoms with Crippen molar-refractivity contribution in [2.75, 3.05) is 0 Å². The molecule has 4 aromatic rings. The zero-order valence-electron chi connectivity index (χ0n) is 14.9. The molecule has 0 radical (unpaired) electrons. The molecule has 7 heteroatoms. The van der Waals surface area contributed by atoms with Crippen LogP contribution in [-0.2, 0) is 12.8 Å². The minimum atomic E-state index is -4.46. The molecule has 2 aromatic heterocycles. The van der Waals surface area contributed by atoms with Gasteiger partial charge in [-0.05, 0) is 36.4 Å². The Kier molecular flexibility index (Phi) is 4.80. The first kappa shape index (κ1) is 18.7. The van der Waals surface area contributed by atoms with Crippen LogP contribution in [0.25, 0.3) is 22.2 Å². The van der Waals surface area contributed by atoms with Crippen LogP contribution in [0.4, 0.5) is 13.2 Å². The summed E-state index contributed by atoms with van der Waals surface area (Å²) in [5.74, 6) is 0.295. The van der Waals surface area contributed by atoms with Crippen LogP contribution in [0.5, 0.6) is 5.75 Å². The number of alkyl halides is 3. The maximum Gasteiger partial charge on any atom is 0.416 e. The van der Waals surface area contributed by atoms with Gasteiger partial charge in [-0.25, -0.2) is 4.79 Å². The van der Waals surface area contributed by atoms with Gasteiger partial charge in [-0.3, -0.25) is 4.98 Å². The second-order valence-electron chi connectivity index (χ2n) is 6.31. The number of rotatable bonds is 4. The van der Waals surface area contributed by atoms with Crippen LogP contribution >= 0.6 is 0 Å². The van der Waals surface area contributed by atoms with Gasteiger partial charge in [0.2, 0.25) is 0 Å². The van der Waals surface area contributed by atoms with Crippen LogP contribution in [-0.4, -0.2) is 4.98 Å². The Balaban J connectivity index is 1.62. The molecule has 0 unspecified atom stereocenters. The van der Waals surface area contributed by atoms with Crippen LogP contribution in [0, 0.1) is 0 Å². The lowest BCUT2D eigenvalue weighted by Gasteiger charge is -2.13. The number of hydrogen-bond donors (Lipinski definition) is 0. The molecule has 0 aliphatic carbocycles. The minimum Gasteiger partial charge on any atom is -0.489 e. The smallest absolute Gasteiger partial charge is 0.416 e. The van der Waals surface area contributed by atoms with E-state index >= 15 is 0 Å². The Labute approximate surface area is 163 Å². The van der Waals surface area contributed by atoms with E-state index in [1.807, 2.05) is 0 Å². The number of nitrogens with zero attached hydrogens (tertiary/aromatic N) is 1. The van der Waals surface area contributed by atoms with Gasteiger partial charge in [-0.1, -0.05) is 24.3 Å². The maximum absolute atomic E-state index is 13.1. The average Bonchev–Trinajstić information content (AvgIpc) is 2.72. The molecule has 2 heterocycles. The summed E-state index contributed by atoms with van der Waals surface area (Å²) in [7, 11) is 0. The van der Waals surface area contributed by atoms with Crippen LogP contribution in [0.1, 0.15) is 11.1 Å². The molecule has 2 aromatic carbocycles. The summed E-state index contributed by atoms with van der Waals surface area (Å²) in [6.45, 7) is -0.266. The van der Waals surface area contributed by atoms with E-state index in [1.54, 1.807) is 42.6 Å². The highest BCUT2D eigenvalue weighted by molar-refractivity contribution is 5.82. The molecular formula is C22H14F3NO3. The maximum atomic E-state index is 13.1. The molecule has 0 saturated heterocycles. The van der Waals surface area contributed by atoms with Gasteiger partial charge in [0.15, 0.2) is 0 Å². The number of halogens is 3. The lowest BCUT2D eigenvalue weighted by molar-refractivity contribution is -0.138. The predicted octanol–water partition coefficient (Wildman–Crippen LogP) is 5.45. The summed E-state index contributed by atoms with van der Waals surface area (Å²) in [5.41, 5.74) is -0.190. The van der Waals surface area contributed by atoms with Crippen LogP contribution in [0.15, 0.2) is 82.1 Å². The Morgan fingerprint density at radius 1 is 0.966 bits per heavy atom. The molecule has 0 spiro atoms. The van der Waals surface area contributed by atoms with Crippen molar-refractivity contribution in [3.05, 3.63) is 94.5 Å². The zero-order valence-corrected chi connectivity index (χ0v) is 14.9. The molecule has 0 saturated carbocycles. The topological polar surface area (TPSA) is 52.3 Å². The molecule has 4 rings (SSSR count). The van der Waals surface area contributed by atoms with E-state index in [0.29, 0.717) is 22.4 Å². The predicted molar refractivity (Wildman–Crippen MR) is 101 cm³/mol. The first-order chi connectivity index (χ1) is 13.9. The number of pyridine rings is 1. The largest absolute Gasteiger partial charge is 0.489 e. The van der Waals surface area contributed by atoms with Gasteiger partial charge in [0, 0.05) is 23.2 Å². The third kappa shape index (κ3) is 3.99. The van der Waals surface area contributed by atoms with Crippen molar-refractivity contribution in [1.29, 1.82) is 0 Å². The quantitative estimate of drug-likeness (QED) is 0.430. The van der Waals surface area contributed by atoms with Crippen molar-refractivity contribution in [1.82, 2.24) is 4.98 Å². The Morgan fingerprint density at radius 2 is 1.76 bits per heavy atom. The summed E-state index contributed by atoms with van der Waals surface area (Å²) in [5, 5.41) is 0.647. The highest BCUT2D eigenvalue weighted by Crippen LogP contribution is 2.32. The van der Waals surface area contributed by atoms with Crippen molar-refractivity contribution in [3.8, 4) is 17.0 Å². The van der Waals surface area contributed by atoms with Gasteiger partial charge in [-0.2, -0.15) is 13.2 Å². The van der Waals surface area contributed by atoms with Crippen molar-refractivity contribution >= 4 is 11.0 Å². The second-order valence-corrected chi connectivity index (χ2v) is 6.31. The Morgan fingerprint density at radius 3 is 2.52 bits per heavy atom. The van der Waals surface area contributed by atoms with E-state index in [0.717, 1.165) is 6.07 Å². The van der Waals surface area contributed by atoms with E-state index in [9.17, 15) is 18.0 Å². The second kappa shape index (κ2) is 7.43. The van der Waals surface area contributed by atoms with Crippen molar-refractivity contribution < 1.29 is 22.3 Å². The molecule has 0 bridgehead atoms. The lowest BCUT2D eigenvalue weighted by Crippen LogP contribution is -2.10. The molecule has 0 aliphatic rings. The Hall–Kier alpha value is -3.61. The van der Waals surface area contributed by atoms with Gasteiger partial charge in [0.1, 0.15) is 17.9 Å². The van der Waals surface area contributed by atoms with Gasteiger partial charge in [0.25, 0.3) is 0 Å². The van der Waals surface area contributed by atoms with E-state index in [4.69, 9.17) is 9.15 Å². The van der Waals surface area contributed by atoms with Gasteiger partial charge in [0.05, 0.1) is 16.8 Å². The SMILES string of the molecule is O=c1oc2cc(OCc3ccccc3C(F)(F)F)ccc2cc1-c1ccccn1. The van der Waals surface area contributed by atoms with Gasteiger partial charge < -0.3 is 9.15 Å². The van der Waals surface area contributed by atoms with E-state index < -0.39 is 17.4 Å². The fourth-order valence-corrected chi connectivity index (χ4v) is 2.97. The van der Waals surface area contributed by atoms with Gasteiger partial charge in [-0.15, -0.1) is 0 Å². The molecule has 4 nitrogen and oxygen atoms in total. The molecule has 146 valence electrons. The highest BCUT2D eigenvalue weighted by Gasteiger charge is 2.32. The van der Waals surface area contributed by atoms with Crippen molar-refractivity contribution in [3.63, 3.8) is 0 Å². The lowest BCUT2D eigenvalue weighted by atomic mass is 10.1. The summed E-state index contributed by atoms with van der Waals surface area (Å²) in [6.07, 6.45) is -2.88. The van der Waals surface area contributed by atoms with Crippen molar-refractivity contribution in [2.24, 2.45) is 0 Å². The first-order valence-corrected chi connectivity index (χ1v) is 8.69. The summed E-state index contributed by atoms with van der Waals surface area (Å²) in [4.78, 5) is 16.5. The third-order valence-corrected chi connectivity index (χ3v) is 4.37. The van der Waals surface area contributed by atoms with Crippen LogP contribution < -0.4 is 10.4 Å². The van der Waals surface area contributed by atoms with E-state index in [1.165, 1.54) is 24.3 Å². The number of aromatic nitrogens is 1. The summed E-state index contributed by atoms with van der Waals surface area (Å²) in [6, 6.07) is 16.9. The van der Waals surface area contributed by atoms with Crippen LogP contribution in [0.3, 0.4) is 0 Å². The molecular weight excluding hydrogens is 383 g/mol. The molecule has 0 N–H and O–H groups in total. The normalized spacial score (nSPS) is 11.6. The fraction of sp³-hybridized carbons (Fsp3) is 0.0909. The molecule has 0 atom stereocenters. The van der Waals surface area contributed by atoms with Crippen LogP contribution in [0.2, 0.25) is 0 Å². The Bertz CT molecular complexity index is 1220. The number of benzene rings is 2. The number of fused-ring (bicyclic) bond motifs is 1. The monoisotopic (exact) mass is 397 g/mol. The molecule has 0 fully saturated rings. The number of ether oxygens (including phenoxy) is 1. The standard InChI is InChI=1S/C22H14F3NO3/c23-22(24,25)18-6-2-1-5-15(18)13-28-16-9-8-14-11-17(19-7-3-4-10-26-19)21(27)29-20(14)12-16/h1-12H,13H2. The molecule has 29 heavy (non-hydrogen) atoms. The zero-order chi connectivity index (χ0) is 20.4. The van der Waals surface area contributed by atoms with E-state index in [2.05, 4.69) is 4.98 Å². The summed E-state index contributed by atoms with van der Waals surface area (Å²) >= 11 is 0. The average molecular weight is 397 g/mol. The minimum absolute atomic E-state index is 0.0204. The third-order valence-electron chi connectivity index (χ3n) is 4.37. The fourth-order valence-electron chi connectivity index (χ4n) is 2.97. The van der Waals surface area contributed by atoms with Crippen molar-refractivity contribution in [2.45, 2.75) is 12.8 Å². The summed E-state index contributed by atoms with van der Waals surface area (Å²) < 4.78 is 50.2. The molecule has 0 amide bonds. The first-order valence-electron chi connectivity index (χ1n) is 8.69. The molecule has 0 aliphatic heterocycles. The highest BCUT2D eigenvalue weighted by atomic mass is 19.4. The van der Waals surface area contributed by atoms with E-state index in [-0.39, 0.29) is 17.8 Å². The van der Waals surface area contributed by atoms with Gasteiger partial charge >= 0.3 is 11.8 Å².